The highest BCUT2D eigenvalue weighted by Gasteiger charge is 2.22. The van der Waals surface area contributed by atoms with Gasteiger partial charge in [0.25, 0.3) is 5.91 Å². The van der Waals surface area contributed by atoms with Gasteiger partial charge in [0.1, 0.15) is 6.10 Å². The smallest absolute Gasteiger partial charge is 0.251 e. The van der Waals surface area contributed by atoms with E-state index >= 15 is 0 Å². The summed E-state index contributed by atoms with van der Waals surface area (Å²) < 4.78 is 5.08. The van der Waals surface area contributed by atoms with Gasteiger partial charge in [-0.05, 0) is 17.0 Å². The predicted octanol–water partition coefficient (Wildman–Crippen LogP) is 1.93. The Kier molecular flexibility index (Phi) is 5.29. The van der Waals surface area contributed by atoms with Gasteiger partial charge in [0, 0.05) is 18.5 Å². The molecule has 0 aliphatic heterocycles. The molecule has 2 atom stereocenters. The van der Waals surface area contributed by atoms with Gasteiger partial charge in [-0.15, -0.1) is 11.3 Å². The molecule has 20 heavy (non-hydrogen) atoms. The van der Waals surface area contributed by atoms with Crippen molar-refractivity contribution >= 4 is 17.2 Å². The Labute approximate surface area is 122 Å². The lowest BCUT2D eigenvalue weighted by Crippen LogP contribution is -2.42. The van der Waals surface area contributed by atoms with Crippen molar-refractivity contribution in [1.29, 1.82) is 0 Å². The Morgan fingerprint density at radius 3 is 2.60 bits per heavy atom. The molecule has 0 bridgehead atoms. The molecular formula is C15H18N2O2S. The maximum Gasteiger partial charge on any atom is 0.251 e. The van der Waals surface area contributed by atoms with E-state index in [9.17, 15) is 4.79 Å². The Bertz CT molecular complexity index is 524. The molecule has 0 radical (unpaired) electrons. The third-order valence-electron chi connectivity index (χ3n) is 3.04. The van der Waals surface area contributed by atoms with Gasteiger partial charge < -0.3 is 15.8 Å². The predicted molar refractivity (Wildman–Crippen MR) is 80.6 cm³/mol. The molecule has 1 amide bonds. The molecule has 106 valence electrons. The monoisotopic (exact) mass is 290 g/mol. The summed E-state index contributed by atoms with van der Waals surface area (Å²) in [7, 11) is 1.49. The van der Waals surface area contributed by atoms with E-state index in [0.29, 0.717) is 0 Å². The van der Waals surface area contributed by atoms with Crippen LogP contribution in [0.2, 0.25) is 0 Å². The van der Waals surface area contributed by atoms with Gasteiger partial charge in [-0.1, -0.05) is 36.4 Å². The van der Waals surface area contributed by atoms with Crippen LogP contribution in [0.3, 0.4) is 0 Å². The highest BCUT2D eigenvalue weighted by Crippen LogP contribution is 2.25. The summed E-state index contributed by atoms with van der Waals surface area (Å²) in [4.78, 5) is 13.3. The van der Waals surface area contributed by atoms with Crippen LogP contribution in [0.15, 0.2) is 47.8 Å². The number of thiophene rings is 1. The fourth-order valence-electron chi connectivity index (χ4n) is 1.97. The number of ether oxygens (including phenoxy) is 1. The minimum atomic E-state index is -0.624. The van der Waals surface area contributed by atoms with Crippen molar-refractivity contribution in [3.8, 4) is 0 Å². The van der Waals surface area contributed by atoms with E-state index in [-0.39, 0.29) is 18.5 Å². The number of carbonyl (C=O) groups is 1. The standard InChI is InChI=1S/C15H18N2O2S/c1-19-12(10-16)15(18)17-14(13-8-5-9-20-13)11-6-3-2-4-7-11/h2-9,12,14H,10,16H2,1H3,(H,17,18). The van der Waals surface area contributed by atoms with E-state index in [2.05, 4.69) is 5.32 Å². The third-order valence-corrected chi connectivity index (χ3v) is 3.98. The molecular weight excluding hydrogens is 272 g/mol. The number of hydrogen-bond donors (Lipinski definition) is 2. The largest absolute Gasteiger partial charge is 0.370 e. The first kappa shape index (κ1) is 14.7. The second-order valence-corrected chi connectivity index (χ2v) is 5.31. The first-order valence-electron chi connectivity index (χ1n) is 6.38. The van der Waals surface area contributed by atoms with Crippen LogP contribution >= 0.6 is 11.3 Å². The molecule has 4 nitrogen and oxygen atoms in total. The van der Waals surface area contributed by atoms with Crippen LogP contribution in [0.25, 0.3) is 0 Å². The summed E-state index contributed by atoms with van der Waals surface area (Å²) in [6.07, 6.45) is -0.624. The molecule has 3 N–H and O–H groups in total. The lowest BCUT2D eigenvalue weighted by atomic mass is 10.1. The van der Waals surface area contributed by atoms with Gasteiger partial charge >= 0.3 is 0 Å². The van der Waals surface area contributed by atoms with E-state index in [4.69, 9.17) is 10.5 Å². The summed E-state index contributed by atoms with van der Waals surface area (Å²) in [5, 5.41) is 5.00. The summed E-state index contributed by atoms with van der Waals surface area (Å²) in [5.74, 6) is -0.197. The van der Waals surface area contributed by atoms with Crippen LogP contribution in [-0.2, 0) is 9.53 Å². The lowest BCUT2D eigenvalue weighted by Gasteiger charge is -2.21. The SMILES string of the molecule is COC(CN)C(=O)NC(c1ccccc1)c1cccs1. The topological polar surface area (TPSA) is 64.3 Å². The molecule has 2 rings (SSSR count). The Morgan fingerprint density at radius 1 is 1.30 bits per heavy atom. The molecule has 0 saturated heterocycles. The van der Waals surface area contributed by atoms with Crippen molar-refractivity contribution in [3.63, 3.8) is 0 Å². The molecule has 0 fully saturated rings. The van der Waals surface area contributed by atoms with Crippen molar-refractivity contribution in [2.45, 2.75) is 12.1 Å². The molecule has 1 aromatic heterocycles. The highest BCUT2D eigenvalue weighted by atomic mass is 32.1. The normalized spacial score (nSPS) is 13.7. The lowest BCUT2D eigenvalue weighted by molar-refractivity contribution is -0.131. The average molecular weight is 290 g/mol. The second-order valence-electron chi connectivity index (χ2n) is 4.33. The van der Waals surface area contributed by atoms with Crippen molar-refractivity contribution in [2.24, 2.45) is 5.73 Å². The number of amides is 1. The van der Waals surface area contributed by atoms with Crippen LogP contribution in [0.5, 0.6) is 0 Å². The number of nitrogens with one attached hydrogen (secondary N) is 1. The molecule has 0 aliphatic carbocycles. The molecule has 0 spiro atoms. The molecule has 1 aromatic carbocycles. The summed E-state index contributed by atoms with van der Waals surface area (Å²) in [6, 6.07) is 13.7. The van der Waals surface area contributed by atoms with E-state index in [1.807, 2.05) is 47.8 Å². The Morgan fingerprint density at radius 2 is 2.05 bits per heavy atom. The maximum absolute atomic E-state index is 12.2. The molecule has 0 aliphatic rings. The van der Waals surface area contributed by atoms with E-state index in [1.54, 1.807) is 11.3 Å². The number of hydrogen-bond acceptors (Lipinski definition) is 4. The van der Waals surface area contributed by atoms with Crippen molar-refractivity contribution in [2.75, 3.05) is 13.7 Å². The van der Waals surface area contributed by atoms with Gasteiger partial charge in [-0.3, -0.25) is 4.79 Å². The molecule has 0 saturated carbocycles. The number of benzene rings is 1. The molecule has 5 heteroatoms. The minimum Gasteiger partial charge on any atom is -0.370 e. The maximum atomic E-state index is 12.2. The first-order chi connectivity index (χ1) is 9.76. The molecule has 2 unspecified atom stereocenters. The van der Waals surface area contributed by atoms with Crippen LogP contribution in [0, 0.1) is 0 Å². The second kappa shape index (κ2) is 7.19. The van der Waals surface area contributed by atoms with Crippen LogP contribution in [-0.4, -0.2) is 25.7 Å². The number of nitrogens with two attached hydrogens (primary N) is 1. The van der Waals surface area contributed by atoms with Gasteiger partial charge in [0.05, 0.1) is 6.04 Å². The minimum absolute atomic E-state index is 0.161. The quantitative estimate of drug-likeness (QED) is 0.854. The average Bonchev–Trinajstić information content (AvgIpc) is 3.01. The summed E-state index contributed by atoms with van der Waals surface area (Å²) in [6.45, 7) is 0.161. The van der Waals surface area contributed by atoms with Crippen molar-refractivity contribution in [3.05, 3.63) is 58.3 Å². The summed E-state index contributed by atoms with van der Waals surface area (Å²) in [5.41, 5.74) is 6.57. The number of carbonyl (C=O) groups excluding carboxylic acids is 1. The first-order valence-corrected chi connectivity index (χ1v) is 7.25. The fourth-order valence-corrected chi connectivity index (χ4v) is 2.77. The van der Waals surface area contributed by atoms with Gasteiger partial charge in [-0.2, -0.15) is 0 Å². The fraction of sp³-hybridized carbons (Fsp3) is 0.267. The van der Waals surface area contributed by atoms with Gasteiger partial charge in [0.2, 0.25) is 0 Å². The van der Waals surface area contributed by atoms with E-state index in [0.717, 1.165) is 10.4 Å². The van der Waals surface area contributed by atoms with Crippen LogP contribution < -0.4 is 11.1 Å². The molecule has 1 heterocycles. The van der Waals surface area contributed by atoms with E-state index < -0.39 is 6.10 Å². The Hall–Kier alpha value is -1.69. The van der Waals surface area contributed by atoms with Crippen LogP contribution in [0.1, 0.15) is 16.5 Å². The zero-order chi connectivity index (χ0) is 14.4. The highest BCUT2D eigenvalue weighted by molar-refractivity contribution is 7.10. The van der Waals surface area contributed by atoms with Crippen LogP contribution in [0.4, 0.5) is 0 Å². The Balaban J connectivity index is 2.23. The zero-order valence-electron chi connectivity index (χ0n) is 11.3. The number of rotatable bonds is 6. The van der Waals surface area contributed by atoms with Crippen molar-refractivity contribution in [1.82, 2.24) is 5.32 Å². The van der Waals surface area contributed by atoms with Gasteiger partial charge in [-0.25, -0.2) is 0 Å². The molecule has 2 aromatic rings. The summed E-state index contributed by atoms with van der Waals surface area (Å²) >= 11 is 1.61. The van der Waals surface area contributed by atoms with Gasteiger partial charge in [0.15, 0.2) is 0 Å². The third kappa shape index (κ3) is 3.45. The number of methoxy groups -OCH3 is 1. The zero-order valence-corrected chi connectivity index (χ0v) is 12.1. The van der Waals surface area contributed by atoms with Crippen molar-refractivity contribution < 1.29 is 9.53 Å². The van der Waals surface area contributed by atoms with E-state index in [1.165, 1.54) is 7.11 Å².